The maximum atomic E-state index is 13.1. The van der Waals surface area contributed by atoms with Crippen LogP contribution in [0.3, 0.4) is 0 Å². The normalized spacial score (nSPS) is 14.9. The lowest BCUT2D eigenvalue weighted by Crippen LogP contribution is -2.46. The Morgan fingerprint density at radius 1 is 1.31 bits per heavy atom. The lowest BCUT2D eigenvalue weighted by Gasteiger charge is -2.31. The molecule has 0 radical (unpaired) electrons. The fraction of sp³-hybridized carbons (Fsp3) is 0.389. The van der Waals surface area contributed by atoms with Crippen LogP contribution in [-0.4, -0.2) is 47.8 Å². The summed E-state index contributed by atoms with van der Waals surface area (Å²) in [6, 6.07) is 5.61. The molecule has 8 heteroatoms. The number of benzene rings is 1. The summed E-state index contributed by atoms with van der Waals surface area (Å²) >= 11 is 0. The van der Waals surface area contributed by atoms with Crippen LogP contribution < -0.4 is 5.32 Å². The first-order valence-electron chi connectivity index (χ1n) is 8.51. The number of hydrogen-bond donors (Lipinski definition) is 1. The molecule has 1 aliphatic rings. The summed E-state index contributed by atoms with van der Waals surface area (Å²) in [6.07, 6.45) is 2.31. The van der Waals surface area contributed by atoms with Crippen LogP contribution in [0.15, 0.2) is 35.0 Å². The Hall–Kier alpha value is -2.90. The van der Waals surface area contributed by atoms with Crippen LogP contribution in [0.2, 0.25) is 0 Å². The molecule has 138 valence electrons. The van der Waals surface area contributed by atoms with Gasteiger partial charge >= 0.3 is 6.09 Å². The van der Waals surface area contributed by atoms with Crippen molar-refractivity contribution in [3.63, 3.8) is 0 Å². The third-order valence-electron chi connectivity index (χ3n) is 4.28. The summed E-state index contributed by atoms with van der Waals surface area (Å²) in [6.45, 7) is 3.16. The Labute approximate surface area is 150 Å². The molecule has 1 fully saturated rings. The molecule has 1 N–H and O–H groups in total. The van der Waals surface area contributed by atoms with Crippen molar-refractivity contribution in [2.24, 2.45) is 0 Å². The van der Waals surface area contributed by atoms with E-state index in [1.54, 1.807) is 11.8 Å². The van der Waals surface area contributed by atoms with E-state index in [9.17, 15) is 14.0 Å². The van der Waals surface area contributed by atoms with Gasteiger partial charge in [-0.1, -0.05) is 5.16 Å². The third-order valence-corrected chi connectivity index (χ3v) is 4.28. The van der Waals surface area contributed by atoms with Crippen LogP contribution in [0.4, 0.5) is 9.18 Å². The standard InChI is InChI=1S/C18H20FN3O4/c1-2-25-18(24)22-9-7-14(8-10-22)21-17(23)15-11-20-26-16(15)12-3-5-13(19)6-4-12/h3-6,11,14H,2,7-10H2,1H3,(H,21,23). The molecule has 26 heavy (non-hydrogen) atoms. The van der Waals surface area contributed by atoms with Gasteiger partial charge in [-0.25, -0.2) is 9.18 Å². The smallest absolute Gasteiger partial charge is 0.409 e. The molecule has 1 saturated heterocycles. The second-order valence-electron chi connectivity index (χ2n) is 6.01. The molecule has 0 unspecified atom stereocenters. The van der Waals surface area contributed by atoms with E-state index in [1.807, 2.05) is 0 Å². The van der Waals surface area contributed by atoms with Gasteiger partial charge in [-0.2, -0.15) is 0 Å². The number of likely N-dealkylation sites (tertiary alicyclic amines) is 1. The average molecular weight is 361 g/mol. The first-order chi connectivity index (χ1) is 12.6. The number of piperidine rings is 1. The highest BCUT2D eigenvalue weighted by Gasteiger charge is 2.26. The van der Waals surface area contributed by atoms with E-state index in [1.165, 1.54) is 30.5 Å². The van der Waals surface area contributed by atoms with E-state index in [-0.39, 0.29) is 23.9 Å². The van der Waals surface area contributed by atoms with Gasteiger partial charge in [0.25, 0.3) is 5.91 Å². The van der Waals surface area contributed by atoms with Crippen molar-refractivity contribution in [3.8, 4) is 11.3 Å². The second kappa shape index (κ2) is 7.99. The zero-order valence-electron chi connectivity index (χ0n) is 14.4. The van der Waals surface area contributed by atoms with Crippen LogP contribution in [0.25, 0.3) is 11.3 Å². The molecule has 3 rings (SSSR count). The molecule has 0 saturated carbocycles. The van der Waals surface area contributed by atoms with Crippen molar-refractivity contribution >= 4 is 12.0 Å². The molecule has 0 atom stereocenters. The monoisotopic (exact) mass is 361 g/mol. The lowest BCUT2D eigenvalue weighted by atomic mass is 10.0. The number of carbonyl (C=O) groups excluding carboxylic acids is 2. The van der Waals surface area contributed by atoms with Crippen molar-refractivity contribution in [1.29, 1.82) is 0 Å². The number of amides is 2. The van der Waals surface area contributed by atoms with Gasteiger partial charge in [-0.3, -0.25) is 4.79 Å². The Kier molecular flexibility index (Phi) is 5.50. The van der Waals surface area contributed by atoms with E-state index in [4.69, 9.17) is 9.26 Å². The van der Waals surface area contributed by atoms with Crippen molar-refractivity contribution in [2.75, 3.05) is 19.7 Å². The molecule has 0 bridgehead atoms. The number of halogens is 1. The number of rotatable bonds is 4. The SMILES string of the molecule is CCOC(=O)N1CCC(NC(=O)c2cnoc2-c2ccc(F)cc2)CC1. The highest BCUT2D eigenvalue weighted by Crippen LogP contribution is 2.24. The van der Waals surface area contributed by atoms with Crippen LogP contribution in [0.1, 0.15) is 30.1 Å². The molecule has 1 aromatic heterocycles. The van der Waals surface area contributed by atoms with Crippen molar-refractivity contribution in [2.45, 2.75) is 25.8 Å². The van der Waals surface area contributed by atoms with Gasteiger partial charge < -0.3 is 19.5 Å². The Morgan fingerprint density at radius 2 is 2.00 bits per heavy atom. The van der Waals surface area contributed by atoms with Crippen LogP contribution in [0.5, 0.6) is 0 Å². The van der Waals surface area contributed by atoms with Crippen molar-refractivity contribution < 1.29 is 23.2 Å². The van der Waals surface area contributed by atoms with Gasteiger partial charge in [0, 0.05) is 24.7 Å². The minimum Gasteiger partial charge on any atom is -0.450 e. The second-order valence-corrected chi connectivity index (χ2v) is 6.01. The zero-order chi connectivity index (χ0) is 18.5. The highest BCUT2D eigenvalue weighted by atomic mass is 19.1. The predicted molar refractivity (Wildman–Crippen MR) is 91.0 cm³/mol. The zero-order valence-corrected chi connectivity index (χ0v) is 14.4. The minimum absolute atomic E-state index is 0.0517. The molecular weight excluding hydrogens is 341 g/mol. The minimum atomic E-state index is -0.368. The summed E-state index contributed by atoms with van der Waals surface area (Å²) in [7, 11) is 0. The Morgan fingerprint density at radius 3 is 2.65 bits per heavy atom. The molecule has 2 heterocycles. The summed E-state index contributed by atoms with van der Waals surface area (Å²) in [5.74, 6) is -0.376. The van der Waals surface area contributed by atoms with E-state index >= 15 is 0 Å². The molecule has 0 aliphatic carbocycles. The molecule has 1 aliphatic heterocycles. The van der Waals surface area contributed by atoms with E-state index < -0.39 is 0 Å². The van der Waals surface area contributed by atoms with Gasteiger partial charge in [0.05, 0.1) is 12.8 Å². The maximum absolute atomic E-state index is 13.1. The number of nitrogens with zero attached hydrogens (tertiary/aromatic N) is 2. The van der Waals surface area contributed by atoms with E-state index in [2.05, 4.69) is 10.5 Å². The molecular formula is C18H20FN3O4. The molecule has 7 nitrogen and oxygen atoms in total. The van der Waals surface area contributed by atoms with Gasteiger partial charge in [0.2, 0.25) is 0 Å². The van der Waals surface area contributed by atoms with E-state index in [0.29, 0.717) is 49.4 Å². The third kappa shape index (κ3) is 4.01. The van der Waals surface area contributed by atoms with Gasteiger partial charge in [0.1, 0.15) is 11.4 Å². The first kappa shape index (κ1) is 17.9. The molecule has 0 spiro atoms. The van der Waals surface area contributed by atoms with Crippen molar-refractivity contribution in [1.82, 2.24) is 15.4 Å². The van der Waals surface area contributed by atoms with E-state index in [0.717, 1.165) is 0 Å². The Balaban J connectivity index is 1.61. The van der Waals surface area contributed by atoms with Gasteiger partial charge in [0.15, 0.2) is 5.76 Å². The number of carbonyl (C=O) groups is 2. The predicted octanol–water partition coefficient (Wildman–Crippen LogP) is 2.83. The number of nitrogens with one attached hydrogen (secondary N) is 1. The topological polar surface area (TPSA) is 84.7 Å². The summed E-state index contributed by atoms with van der Waals surface area (Å²) in [4.78, 5) is 25.9. The summed E-state index contributed by atoms with van der Waals surface area (Å²) in [5.41, 5.74) is 0.871. The number of aromatic nitrogens is 1. The molecule has 2 aromatic rings. The van der Waals surface area contributed by atoms with Crippen LogP contribution in [0, 0.1) is 5.82 Å². The van der Waals surface area contributed by atoms with Crippen LogP contribution in [-0.2, 0) is 4.74 Å². The summed E-state index contributed by atoms with van der Waals surface area (Å²) < 4.78 is 23.2. The molecule has 2 amide bonds. The summed E-state index contributed by atoms with van der Waals surface area (Å²) in [5, 5.41) is 6.63. The molecule has 1 aromatic carbocycles. The largest absolute Gasteiger partial charge is 0.450 e. The number of hydrogen-bond acceptors (Lipinski definition) is 5. The lowest BCUT2D eigenvalue weighted by molar-refractivity contribution is 0.0860. The maximum Gasteiger partial charge on any atom is 0.409 e. The number of ether oxygens (including phenoxy) is 1. The average Bonchev–Trinajstić information content (AvgIpc) is 3.13. The van der Waals surface area contributed by atoms with Crippen LogP contribution >= 0.6 is 0 Å². The highest BCUT2D eigenvalue weighted by molar-refractivity contribution is 5.99. The fourth-order valence-corrected chi connectivity index (χ4v) is 2.90. The van der Waals surface area contributed by atoms with Gasteiger partial charge in [-0.15, -0.1) is 0 Å². The van der Waals surface area contributed by atoms with Gasteiger partial charge in [-0.05, 0) is 44.0 Å². The first-order valence-corrected chi connectivity index (χ1v) is 8.51. The van der Waals surface area contributed by atoms with Crippen molar-refractivity contribution in [3.05, 3.63) is 41.8 Å². The quantitative estimate of drug-likeness (QED) is 0.905. The fourth-order valence-electron chi connectivity index (χ4n) is 2.90. The Bertz CT molecular complexity index is 767.